The summed E-state index contributed by atoms with van der Waals surface area (Å²) in [4.78, 5) is 22.0. The number of aryl methyl sites for hydroxylation is 1. The monoisotopic (exact) mass is 708 g/mol. The van der Waals surface area contributed by atoms with Gasteiger partial charge in [0.1, 0.15) is 29.5 Å². The Balaban J connectivity index is 1.37. The highest BCUT2D eigenvalue weighted by molar-refractivity contribution is 6.76. The number of benzene rings is 1. The largest absolute Gasteiger partial charge is 0.361 e. The van der Waals surface area contributed by atoms with Crippen LogP contribution in [-0.2, 0) is 25.1 Å². The first-order valence-electron chi connectivity index (χ1n) is 17.6. The van der Waals surface area contributed by atoms with Crippen LogP contribution in [0.5, 0.6) is 0 Å². The second-order valence-corrected chi connectivity index (χ2v) is 21.4. The lowest BCUT2D eigenvalue weighted by Gasteiger charge is -2.31. The Labute approximate surface area is 299 Å². The molecular formula is C38H45ClN8O2Si. The van der Waals surface area contributed by atoms with E-state index < -0.39 is 8.07 Å². The van der Waals surface area contributed by atoms with Gasteiger partial charge in [0.05, 0.1) is 11.6 Å². The third kappa shape index (κ3) is 7.21. The summed E-state index contributed by atoms with van der Waals surface area (Å²) in [7, 11) is 0.571. The average Bonchev–Trinajstić information content (AvgIpc) is 3.73. The summed E-state index contributed by atoms with van der Waals surface area (Å²) < 4.78 is 12.0. The molecule has 1 saturated carbocycles. The van der Waals surface area contributed by atoms with Crippen LogP contribution in [0.25, 0.3) is 39.2 Å². The number of hydrogen-bond donors (Lipinski definition) is 0. The van der Waals surface area contributed by atoms with E-state index in [1.807, 2.05) is 29.9 Å². The van der Waals surface area contributed by atoms with Crippen molar-refractivity contribution in [1.82, 2.24) is 33.8 Å². The van der Waals surface area contributed by atoms with Gasteiger partial charge in [0, 0.05) is 57.7 Å². The van der Waals surface area contributed by atoms with E-state index in [-0.39, 0.29) is 10.7 Å². The van der Waals surface area contributed by atoms with Crippen LogP contribution in [0.2, 0.25) is 30.8 Å². The molecule has 5 heterocycles. The van der Waals surface area contributed by atoms with Crippen molar-refractivity contribution < 1.29 is 4.74 Å². The zero-order valence-electron chi connectivity index (χ0n) is 29.6. The van der Waals surface area contributed by atoms with Crippen LogP contribution in [0.1, 0.15) is 55.3 Å². The second kappa shape index (κ2) is 13.9. The van der Waals surface area contributed by atoms with E-state index >= 15 is 0 Å². The van der Waals surface area contributed by atoms with Crippen LogP contribution >= 0.6 is 11.6 Å². The summed E-state index contributed by atoms with van der Waals surface area (Å²) >= 11 is 6.74. The summed E-state index contributed by atoms with van der Waals surface area (Å²) in [6.07, 6.45) is 8.23. The van der Waals surface area contributed by atoms with Crippen molar-refractivity contribution >= 4 is 30.6 Å². The standard InChI is InChI=1S/C38H45ClN8O2Si/c1-25-7-6-12-45(20-25)21-29-18-31-33(27-9-10-27)22-46(38(48)36(31)47(29)24-49-13-14-50(3,4)5)35-17-28(16-34(39)42-35)30-11-8-26(19-40)15-32(30)37-43-41-23-44(37)2/h8,11,15-18,22-23,25,27H,6-7,9-10,12-14,20-21,24H2,1-5H3/t25-/m0/s1. The van der Waals surface area contributed by atoms with E-state index in [9.17, 15) is 10.1 Å². The number of nitriles is 1. The molecule has 4 aromatic heterocycles. The molecular weight excluding hydrogens is 664 g/mol. The third-order valence-electron chi connectivity index (χ3n) is 9.98. The summed E-state index contributed by atoms with van der Waals surface area (Å²) in [5, 5.41) is 19.3. The highest BCUT2D eigenvalue weighted by Gasteiger charge is 2.30. The fourth-order valence-corrected chi connectivity index (χ4v) is 8.10. The lowest BCUT2D eigenvalue weighted by molar-refractivity contribution is 0.0848. The zero-order chi connectivity index (χ0) is 35.2. The molecule has 0 unspecified atom stereocenters. The van der Waals surface area contributed by atoms with Gasteiger partial charge < -0.3 is 13.9 Å². The molecule has 0 spiro atoms. The van der Waals surface area contributed by atoms with E-state index in [1.165, 1.54) is 12.8 Å². The first-order chi connectivity index (χ1) is 24.0. The van der Waals surface area contributed by atoms with Crippen LogP contribution < -0.4 is 5.56 Å². The number of nitrogens with zero attached hydrogens (tertiary/aromatic N) is 8. The minimum atomic E-state index is -1.29. The van der Waals surface area contributed by atoms with Crippen LogP contribution in [0.3, 0.4) is 0 Å². The number of rotatable bonds is 11. The topological polar surface area (TPSA) is 107 Å². The summed E-state index contributed by atoms with van der Waals surface area (Å²) in [5.41, 5.74) is 5.59. The first-order valence-corrected chi connectivity index (χ1v) is 21.7. The smallest absolute Gasteiger partial charge is 0.280 e. The van der Waals surface area contributed by atoms with Crippen molar-refractivity contribution in [3.05, 3.63) is 81.3 Å². The van der Waals surface area contributed by atoms with Gasteiger partial charge in [0.25, 0.3) is 5.56 Å². The van der Waals surface area contributed by atoms with Gasteiger partial charge in [-0.25, -0.2) is 4.98 Å². The quantitative estimate of drug-likeness (QED) is 0.0791. The van der Waals surface area contributed by atoms with Crippen molar-refractivity contribution in [2.45, 2.75) is 77.5 Å². The van der Waals surface area contributed by atoms with E-state index in [2.05, 4.69) is 58.4 Å². The van der Waals surface area contributed by atoms with Crippen LogP contribution in [-0.4, -0.2) is 61.6 Å². The Bertz CT molecular complexity index is 2150. The van der Waals surface area contributed by atoms with E-state index in [1.54, 1.807) is 29.1 Å². The normalized spacial score (nSPS) is 17.0. The maximum atomic E-state index is 14.8. The molecule has 7 rings (SSSR count). The molecule has 50 heavy (non-hydrogen) atoms. The maximum absolute atomic E-state index is 14.8. The van der Waals surface area contributed by atoms with E-state index in [0.29, 0.717) is 47.9 Å². The fraction of sp³-hybridized carbons (Fsp3) is 0.447. The average molecular weight is 709 g/mol. The van der Waals surface area contributed by atoms with Crippen LogP contribution in [0.4, 0.5) is 0 Å². The Morgan fingerprint density at radius 1 is 1.10 bits per heavy atom. The molecule has 1 saturated heterocycles. The molecule has 260 valence electrons. The minimum absolute atomic E-state index is 0.148. The number of halogens is 1. The SMILES string of the molecule is C[C@H]1CCCN(Cc2cc3c(C4CC4)cn(-c4cc(-c5ccc(C#N)cc5-c5nncn5C)cc(Cl)n4)c(=O)c3n2COCC[Si](C)(C)C)C1. The van der Waals surface area contributed by atoms with Gasteiger partial charge in [-0.1, -0.05) is 44.2 Å². The predicted octanol–water partition coefficient (Wildman–Crippen LogP) is 7.60. The number of ether oxygens (including phenoxy) is 1. The van der Waals surface area contributed by atoms with E-state index in [4.69, 9.17) is 21.3 Å². The van der Waals surface area contributed by atoms with Gasteiger partial charge in [-0.15, -0.1) is 10.2 Å². The van der Waals surface area contributed by atoms with Crippen molar-refractivity contribution in [3.8, 4) is 34.4 Å². The summed E-state index contributed by atoms with van der Waals surface area (Å²) in [5.74, 6) is 2.09. The Hall–Kier alpha value is -4.08. The molecule has 5 aromatic rings. The molecule has 1 atom stereocenters. The van der Waals surface area contributed by atoms with Gasteiger partial charge in [0.15, 0.2) is 5.82 Å². The Morgan fingerprint density at radius 2 is 1.92 bits per heavy atom. The van der Waals surface area contributed by atoms with Crippen molar-refractivity contribution in [2.75, 3.05) is 19.7 Å². The van der Waals surface area contributed by atoms with Crippen LogP contribution in [0.15, 0.2) is 53.7 Å². The molecule has 0 bridgehead atoms. The highest BCUT2D eigenvalue weighted by atomic mass is 35.5. The number of aromatic nitrogens is 6. The lowest BCUT2D eigenvalue weighted by Crippen LogP contribution is -2.34. The van der Waals surface area contributed by atoms with Gasteiger partial charge in [0.2, 0.25) is 0 Å². The van der Waals surface area contributed by atoms with Crippen LogP contribution in [0, 0.1) is 17.2 Å². The fourth-order valence-electron chi connectivity index (χ4n) is 7.14. The van der Waals surface area contributed by atoms with Crippen molar-refractivity contribution in [3.63, 3.8) is 0 Å². The van der Waals surface area contributed by atoms with E-state index in [0.717, 1.165) is 71.9 Å². The van der Waals surface area contributed by atoms with Gasteiger partial charge in [-0.3, -0.25) is 14.3 Å². The molecule has 10 nitrogen and oxygen atoms in total. The van der Waals surface area contributed by atoms with Gasteiger partial charge in [-0.2, -0.15) is 5.26 Å². The molecule has 2 aliphatic rings. The second-order valence-electron chi connectivity index (χ2n) is 15.4. The molecule has 0 amide bonds. The predicted molar refractivity (Wildman–Crippen MR) is 200 cm³/mol. The molecule has 1 aliphatic heterocycles. The van der Waals surface area contributed by atoms with Gasteiger partial charge in [-0.05, 0) is 97.1 Å². The molecule has 0 N–H and O–H groups in total. The van der Waals surface area contributed by atoms with Crippen molar-refractivity contribution in [1.29, 1.82) is 5.26 Å². The Kier molecular flexibility index (Phi) is 9.56. The Morgan fingerprint density at radius 3 is 2.62 bits per heavy atom. The number of piperidine rings is 1. The van der Waals surface area contributed by atoms with Gasteiger partial charge >= 0.3 is 0 Å². The third-order valence-corrected chi connectivity index (χ3v) is 11.9. The molecule has 12 heteroatoms. The minimum Gasteiger partial charge on any atom is -0.361 e. The zero-order valence-corrected chi connectivity index (χ0v) is 31.4. The molecule has 0 radical (unpaired) electrons. The number of hydrogen-bond acceptors (Lipinski definition) is 7. The number of pyridine rings is 2. The highest BCUT2D eigenvalue weighted by Crippen LogP contribution is 2.44. The lowest BCUT2D eigenvalue weighted by atomic mass is 9.97. The molecule has 1 aliphatic carbocycles. The molecule has 1 aromatic carbocycles. The van der Waals surface area contributed by atoms with Crippen molar-refractivity contribution in [2.24, 2.45) is 13.0 Å². The maximum Gasteiger partial charge on any atom is 0.280 e. The summed E-state index contributed by atoms with van der Waals surface area (Å²) in [6, 6.07) is 14.7. The molecule has 2 fully saturated rings. The summed E-state index contributed by atoms with van der Waals surface area (Å²) in [6.45, 7) is 13.3. The number of fused-ring (bicyclic) bond motifs is 1. The first kappa shape index (κ1) is 34.4. The number of likely N-dealkylation sites (tertiary alicyclic amines) is 1.